The smallest absolute Gasteiger partial charge is 0.321 e. The molecule has 0 spiro atoms. The van der Waals surface area contributed by atoms with Crippen molar-refractivity contribution in [2.45, 2.75) is 6.42 Å². The molecule has 0 saturated carbocycles. The second kappa shape index (κ2) is 6.32. The predicted octanol–water partition coefficient (Wildman–Crippen LogP) is 3.11. The average Bonchev–Trinajstić information content (AvgIpc) is 3.07. The highest BCUT2D eigenvalue weighted by atomic mass is 16.2. The van der Waals surface area contributed by atoms with E-state index >= 15 is 0 Å². The van der Waals surface area contributed by atoms with Gasteiger partial charge in [0, 0.05) is 42.4 Å². The SMILES string of the molecule is O=C(Nc1cccc(N2CCCNC2=O)c1)c1cc2ccccn2c1. The number of fused-ring (bicyclic) bond motifs is 1. The van der Waals surface area contributed by atoms with Gasteiger partial charge in [-0.3, -0.25) is 9.69 Å². The van der Waals surface area contributed by atoms with E-state index in [0.717, 1.165) is 17.6 Å². The van der Waals surface area contributed by atoms with Gasteiger partial charge in [0.25, 0.3) is 5.91 Å². The van der Waals surface area contributed by atoms with Crippen molar-refractivity contribution in [1.82, 2.24) is 9.72 Å². The number of aromatic nitrogens is 1. The molecule has 1 aromatic carbocycles. The number of anilines is 2. The van der Waals surface area contributed by atoms with Crippen LogP contribution in [0, 0.1) is 0 Å². The Balaban J connectivity index is 1.55. The number of pyridine rings is 1. The Morgan fingerprint density at radius 1 is 1.12 bits per heavy atom. The summed E-state index contributed by atoms with van der Waals surface area (Å²) in [7, 11) is 0. The van der Waals surface area contributed by atoms with E-state index in [4.69, 9.17) is 0 Å². The normalized spacial score (nSPS) is 14.4. The second-order valence-corrected chi connectivity index (χ2v) is 6.00. The van der Waals surface area contributed by atoms with Crippen molar-refractivity contribution in [2.24, 2.45) is 0 Å². The van der Waals surface area contributed by atoms with Gasteiger partial charge in [-0.05, 0) is 42.8 Å². The molecular formula is C19H18N4O2. The molecule has 3 amide bonds. The summed E-state index contributed by atoms with van der Waals surface area (Å²) in [5.74, 6) is -0.177. The van der Waals surface area contributed by atoms with E-state index in [1.807, 2.05) is 59.1 Å². The first-order chi connectivity index (χ1) is 12.2. The second-order valence-electron chi connectivity index (χ2n) is 6.00. The molecule has 3 aromatic rings. The molecular weight excluding hydrogens is 316 g/mol. The number of hydrogen-bond donors (Lipinski definition) is 2. The molecule has 126 valence electrons. The quantitative estimate of drug-likeness (QED) is 0.773. The van der Waals surface area contributed by atoms with E-state index in [1.165, 1.54) is 0 Å². The monoisotopic (exact) mass is 334 g/mol. The molecule has 1 aliphatic heterocycles. The van der Waals surface area contributed by atoms with E-state index in [-0.39, 0.29) is 11.9 Å². The molecule has 6 nitrogen and oxygen atoms in total. The molecule has 1 saturated heterocycles. The summed E-state index contributed by atoms with van der Waals surface area (Å²) in [6, 6.07) is 14.9. The first-order valence-electron chi connectivity index (χ1n) is 8.24. The van der Waals surface area contributed by atoms with Crippen LogP contribution >= 0.6 is 0 Å². The third-order valence-electron chi connectivity index (χ3n) is 4.26. The lowest BCUT2D eigenvalue weighted by Crippen LogP contribution is -2.46. The molecule has 0 bridgehead atoms. The van der Waals surface area contributed by atoms with Crippen LogP contribution < -0.4 is 15.5 Å². The highest BCUT2D eigenvalue weighted by Crippen LogP contribution is 2.22. The lowest BCUT2D eigenvalue weighted by Gasteiger charge is -2.27. The fourth-order valence-electron chi connectivity index (χ4n) is 3.01. The van der Waals surface area contributed by atoms with Gasteiger partial charge >= 0.3 is 6.03 Å². The largest absolute Gasteiger partial charge is 0.338 e. The van der Waals surface area contributed by atoms with Crippen molar-refractivity contribution >= 4 is 28.8 Å². The number of benzene rings is 1. The van der Waals surface area contributed by atoms with Crippen molar-refractivity contribution in [3.8, 4) is 0 Å². The van der Waals surface area contributed by atoms with Gasteiger partial charge in [0.15, 0.2) is 0 Å². The molecule has 3 heterocycles. The van der Waals surface area contributed by atoms with Crippen LogP contribution in [0.1, 0.15) is 16.8 Å². The van der Waals surface area contributed by atoms with Crippen molar-refractivity contribution in [1.29, 1.82) is 0 Å². The maximum Gasteiger partial charge on any atom is 0.321 e. The molecule has 2 aromatic heterocycles. The van der Waals surface area contributed by atoms with Gasteiger partial charge in [0.1, 0.15) is 0 Å². The van der Waals surface area contributed by atoms with E-state index in [0.29, 0.717) is 24.3 Å². The summed E-state index contributed by atoms with van der Waals surface area (Å²) < 4.78 is 1.91. The molecule has 0 atom stereocenters. The number of amides is 3. The van der Waals surface area contributed by atoms with Crippen LogP contribution in [0.3, 0.4) is 0 Å². The van der Waals surface area contributed by atoms with Crippen LogP contribution in [0.25, 0.3) is 5.52 Å². The number of hydrogen-bond acceptors (Lipinski definition) is 2. The predicted molar refractivity (Wildman–Crippen MR) is 97.2 cm³/mol. The van der Waals surface area contributed by atoms with Gasteiger partial charge in [-0.2, -0.15) is 0 Å². The lowest BCUT2D eigenvalue weighted by molar-refractivity contribution is 0.102. The van der Waals surface area contributed by atoms with Crippen molar-refractivity contribution in [2.75, 3.05) is 23.3 Å². The van der Waals surface area contributed by atoms with E-state index < -0.39 is 0 Å². The zero-order chi connectivity index (χ0) is 17.2. The topological polar surface area (TPSA) is 65.9 Å². The first kappa shape index (κ1) is 15.3. The molecule has 25 heavy (non-hydrogen) atoms. The zero-order valence-electron chi connectivity index (χ0n) is 13.6. The van der Waals surface area contributed by atoms with Crippen molar-refractivity contribution < 1.29 is 9.59 Å². The molecule has 6 heteroatoms. The lowest BCUT2D eigenvalue weighted by atomic mass is 10.2. The van der Waals surface area contributed by atoms with Gasteiger partial charge in [-0.15, -0.1) is 0 Å². The third-order valence-corrected chi connectivity index (χ3v) is 4.26. The summed E-state index contributed by atoms with van der Waals surface area (Å²) in [6.07, 6.45) is 4.61. The summed E-state index contributed by atoms with van der Waals surface area (Å²) in [4.78, 5) is 26.2. The Hall–Kier alpha value is -3.28. The first-order valence-corrected chi connectivity index (χ1v) is 8.24. The maximum atomic E-state index is 12.5. The van der Waals surface area contributed by atoms with Crippen molar-refractivity contribution in [3.05, 3.63) is 66.5 Å². The number of nitrogens with zero attached hydrogens (tertiary/aromatic N) is 2. The highest BCUT2D eigenvalue weighted by Gasteiger charge is 2.19. The Morgan fingerprint density at radius 2 is 2.04 bits per heavy atom. The molecule has 0 unspecified atom stereocenters. The van der Waals surface area contributed by atoms with Crippen LogP contribution in [0.4, 0.5) is 16.2 Å². The van der Waals surface area contributed by atoms with E-state index in [1.54, 1.807) is 11.1 Å². The van der Waals surface area contributed by atoms with Crippen LogP contribution in [-0.2, 0) is 0 Å². The zero-order valence-corrected chi connectivity index (χ0v) is 13.6. The highest BCUT2D eigenvalue weighted by molar-refractivity contribution is 6.05. The van der Waals surface area contributed by atoms with Gasteiger partial charge < -0.3 is 15.0 Å². The van der Waals surface area contributed by atoms with Crippen LogP contribution in [-0.4, -0.2) is 29.4 Å². The van der Waals surface area contributed by atoms with Gasteiger partial charge in [-0.25, -0.2) is 4.79 Å². The van der Waals surface area contributed by atoms with Gasteiger partial charge in [0.2, 0.25) is 0 Å². The number of carbonyl (C=O) groups excluding carboxylic acids is 2. The minimum atomic E-state index is -0.177. The Labute approximate surface area is 145 Å². The average molecular weight is 334 g/mol. The van der Waals surface area contributed by atoms with Gasteiger partial charge in [0.05, 0.1) is 5.56 Å². The Kier molecular flexibility index (Phi) is 3.85. The molecule has 0 radical (unpaired) electrons. The Bertz CT molecular complexity index is 914. The number of urea groups is 1. The van der Waals surface area contributed by atoms with Crippen LogP contribution in [0.2, 0.25) is 0 Å². The van der Waals surface area contributed by atoms with Gasteiger partial charge in [-0.1, -0.05) is 12.1 Å². The minimum Gasteiger partial charge on any atom is -0.338 e. The summed E-state index contributed by atoms with van der Waals surface area (Å²) in [5.41, 5.74) is 2.99. The molecule has 2 N–H and O–H groups in total. The summed E-state index contributed by atoms with van der Waals surface area (Å²) >= 11 is 0. The Morgan fingerprint density at radius 3 is 2.88 bits per heavy atom. The fourth-order valence-corrected chi connectivity index (χ4v) is 3.01. The standard InChI is InChI=1S/C19H18N4O2/c24-18(14-11-16-6-1-2-9-22(16)13-14)21-15-5-3-7-17(12-15)23-10-4-8-20-19(23)25/h1-3,5-7,9,11-13H,4,8,10H2,(H,20,25)(H,21,24). The fraction of sp³-hybridized carbons (Fsp3) is 0.158. The maximum absolute atomic E-state index is 12.5. The number of nitrogens with one attached hydrogen (secondary N) is 2. The van der Waals surface area contributed by atoms with Crippen LogP contribution in [0.15, 0.2) is 60.9 Å². The molecule has 1 fully saturated rings. The third kappa shape index (κ3) is 3.06. The van der Waals surface area contributed by atoms with E-state index in [9.17, 15) is 9.59 Å². The molecule has 0 aliphatic carbocycles. The minimum absolute atomic E-state index is 0.103. The number of rotatable bonds is 3. The van der Waals surface area contributed by atoms with E-state index in [2.05, 4.69) is 10.6 Å². The van der Waals surface area contributed by atoms with Crippen molar-refractivity contribution in [3.63, 3.8) is 0 Å². The molecule has 1 aliphatic rings. The molecule has 4 rings (SSSR count). The summed E-state index contributed by atoms with van der Waals surface area (Å²) in [6.45, 7) is 1.38. The van der Waals surface area contributed by atoms with Crippen LogP contribution in [0.5, 0.6) is 0 Å². The number of carbonyl (C=O) groups is 2. The summed E-state index contributed by atoms with van der Waals surface area (Å²) in [5, 5.41) is 5.73.